The van der Waals surface area contributed by atoms with Crippen LogP contribution in [0.3, 0.4) is 0 Å². The van der Waals surface area contributed by atoms with E-state index >= 15 is 0 Å². The van der Waals surface area contributed by atoms with Gasteiger partial charge in [0.1, 0.15) is 12.4 Å². The lowest BCUT2D eigenvalue weighted by atomic mass is 10.1. The third-order valence-corrected chi connectivity index (χ3v) is 4.41. The minimum Gasteiger partial charge on any atom is -0.355 e. The molecule has 1 fully saturated rings. The summed E-state index contributed by atoms with van der Waals surface area (Å²) in [5.41, 5.74) is 2.43. The van der Waals surface area contributed by atoms with Crippen LogP contribution in [0.2, 0.25) is 0 Å². The van der Waals surface area contributed by atoms with E-state index in [4.69, 9.17) is 4.98 Å². The van der Waals surface area contributed by atoms with E-state index in [1.165, 1.54) is 31.4 Å². The molecule has 1 saturated carbocycles. The first-order valence-corrected chi connectivity index (χ1v) is 7.85. The summed E-state index contributed by atoms with van der Waals surface area (Å²) in [6, 6.07) is 0. The van der Waals surface area contributed by atoms with E-state index in [0.29, 0.717) is 19.0 Å². The molecule has 0 saturated heterocycles. The molecule has 1 aliphatic heterocycles. The Morgan fingerprint density at radius 1 is 1.45 bits per heavy atom. The van der Waals surface area contributed by atoms with Gasteiger partial charge in [0.05, 0.1) is 5.69 Å². The van der Waals surface area contributed by atoms with Gasteiger partial charge in [0.15, 0.2) is 0 Å². The van der Waals surface area contributed by atoms with Crippen molar-refractivity contribution in [2.24, 2.45) is 0 Å². The van der Waals surface area contributed by atoms with Crippen molar-refractivity contribution in [2.45, 2.75) is 58.0 Å². The van der Waals surface area contributed by atoms with Crippen LogP contribution >= 0.6 is 0 Å². The normalized spacial score (nSPS) is 19.1. The van der Waals surface area contributed by atoms with Gasteiger partial charge in [0, 0.05) is 37.7 Å². The van der Waals surface area contributed by atoms with Crippen molar-refractivity contribution in [3.05, 3.63) is 17.2 Å². The zero-order chi connectivity index (χ0) is 13.9. The van der Waals surface area contributed by atoms with Crippen molar-refractivity contribution in [3.8, 4) is 0 Å². The first-order valence-electron chi connectivity index (χ1n) is 7.85. The Bertz CT molecular complexity index is 488. The number of carbonyl (C=O) groups excluding carboxylic acids is 1. The fourth-order valence-electron chi connectivity index (χ4n) is 3.46. The molecule has 0 unspecified atom stereocenters. The molecule has 1 aromatic rings. The monoisotopic (exact) mass is 276 g/mol. The molecule has 0 spiro atoms. The van der Waals surface area contributed by atoms with E-state index < -0.39 is 0 Å². The van der Waals surface area contributed by atoms with Crippen LogP contribution < -0.4 is 10.6 Å². The highest BCUT2D eigenvalue weighted by atomic mass is 16.1. The molecular formula is C15H24N4O. The van der Waals surface area contributed by atoms with Crippen molar-refractivity contribution in [2.75, 3.05) is 13.1 Å². The van der Waals surface area contributed by atoms with Crippen LogP contribution in [0.1, 0.15) is 55.7 Å². The lowest BCUT2D eigenvalue weighted by molar-refractivity contribution is -0.121. The molecule has 1 aromatic heterocycles. The van der Waals surface area contributed by atoms with Crippen molar-refractivity contribution in [3.63, 3.8) is 0 Å². The quantitative estimate of drug-likeness (QED) is 0.872. The van der Waals surface area contributed by atoms with Gasteiger partial charge < -0.3 is 15.2 Å². The van der Waals surface area contributed by atoms with Gasteiger partial charge in [-0.3, -0.25) is 4.79 Å². The van der Waals surface area contributed by atoms with Crippen molar-refractivity contribution < 1.29 is 4.79 Å². The van der Waals surface area contributed by atoms with Gasteiger partial charge in [-0.05, 0) is 19.8 Å². The lowest BCUT2D eigenvalue weighted by Crippen LogP contribution is -2.30. The van der Waals surface area contributed by atoms with Gasteiger partial charge in [-0.2, -0.15) is 0 Å². The number of nitrogens with one attached hydrogen (secondary N) is 2. The smallest absolute Gasteiger partial charge is 0.239 e. The molecule has 5 nitrogen and oxygen atoms in total. The van der Waals surface area contributed by atoms with Crippen LogP contribution in [0, 0.1) is 0 Å². The Morgan fingerprint density at radius 2 is 2.25 bits per heavy atom. The lowest BCUT2D eigenvalue weighted by Gasteiger charge is -2.17. The molecule has 0 aromatic carbocycles. The number of aromatic nitrogens is 2. The number of hydrogen-bond donors (Lipinski definition) is 2. The first kappa shape index (κ1) is 13.6. The number of carbonyl (C=O) groups is 1. The highest BCUT2D eigenvalue weighted by Crippen LogP contribution is 2.35. The van der Waals surface area contributed by atoms with Crippen molar-refractivity contribution in [1.82, 2.24) is 20.2 Å². The van der Waals surface area contributed by atoms with E-state index in [-0.39, 0.29) is 5.91 Å². The second-order valence-corrected chi connectivity index (χ2v) is 5.81. The van der Waals surface area contributed by atoms with Gasteiger partial charge in [0.25, 0.3) is 0 Å². The Morgan fingerprint density at radius 3 is 3.00 bits per heavy atom. The highest BCUT2D eigenvalue weighted by Gasteiger charge is 2.27. The summed E-state index contributed by atoms with van der Waals surface area (Å²) in [5.74, 6) is 1.81. The standard InChI is InChI=1S/C15H24N4O/c1-2-17-14(20)10-19-13-7-8-16-9-12(13)18-15(19)11-5-3-4-6-11/h11,16H,2-10H2,1H3,(H,17,20). The summed E-state index contributed by atoms with van der Waals surface area (Å²) in [7, 11) is 0. The molecule has 1 amide bonds. The van der Waals surface area contributed by atoms with Gasteiger partial charge in [-0.15, -0.1) is 0 Å². The summed E-state index contributed by atoms with van der Waals surface area (Å²) >= 11 is 0. The predicted molar refractivity (Wildman–Crippen MR) is 77.5 cm³/mol. The molecule has 0 atom stereocenters. The van der Waals surface area contributed by atoms with Crippen LogP contribution in [0.15, 0.2) is 0 Å². The zero-order valence-corrected chi connectivity index (χ0v) is 12.2. The van der Waals surface area contributed by atoms with Crippen molar-refractivity contribution in [1.29, 1.82) is 0 Å². The molecule has 2 aliphatic rings. The van der Waals surface area contributed by atoms with Crippen LogP contribution in [0.4, 0.5) is 0 Å². The first-order chi connectivity index (χ1) is 9.79. The van der Waals surface area contributed by atoms with Gasteiger partial charge in [0.2, 0.25) is 5.91 Å². The van der Waals surface area contributed by atoms with E-state index in [2.05, 4.69) is 15.2 Å². The van der Waals surface area contributed by atoms with Crippen LogP contribution in [0.25, 0.3) is 0 Å². The Labute approximate surface area is 120 Å². The number of fused-ring (bicyclic) bond motifs is 1. The van der Waals surface area contributed by atoms with E-state index in [9.17, 15) is 4.79 Å². The van der Waals surface area contributed by atoms with E-state index in [0.717, 1.165) is 31.0 Å². The minimum absolute atomic E-state index is 0.102. The van der Waals surface area contributed by atoms with Gasteiger partial charge >= 0.3 is 0 Å². The number of hydrogen-bond acceptors (Lipinski definition) is 3. The van der Waals surface area contributed by atoms with Gasteiger partial charge in [-0.25, -0.2) is 4.98 Å². The Hall–Kier alpha value is -1.36. The number of likely N-dealkylation sites (N-methyl/N-ethyl adjacent to an activating group) is 1. The zero-order valence-electron chi connectivity index (χ0n) is 12.2. The number of nitrogens with zero attached hydrogens (tertiary/aromatic N) is 2. The average molecular weight is 276 g/mol. The number of rotatable bonds is 4. The topological polar surface area (TPSA) is 59.0 Å². The predicted octanol–water partition coefficient (Wildman–Crippen LogP) is 1.32. The number of imidazole rings is 1. The van der Waals surface area contributed by atoms with E-state index in [1.807, 2.05) is 6.92 Å². The van der Waals surface area contributed by atoms with Crippen LogP contribution in [-0.2, 0) is 24.3 Å². The molecule has 3 rings (SSSR count). The SMILES string of the molecule is CCNC(=O)Cn1c(C2CCCC2)nc2c1CCNC2. The van der Waals surface area contributed by atoms with E-state index in [1.54, 1.807) is 0 Å². The maximum absolute atomic E-state index is 12.0. The maximum Gasteiger partial charge on any atom is 0.239 e. The van der Waals surface area contributed by atoms with Crippen LogP contribution in [0.5, 0.6) is 0 Å². The third-order valence-electron chi connectivity index (χ3n) is 4.41. The summed E-state index contributed by atoms with van der Waals surface area (Å²) in [4.78, 5) is 16.9. The molecule has 2 heterocycles. The molecule has 2 N–H and O–H groups in total. The molecule has 110 valence electrons. The summed E-state index contributed by atoms with van der Waals surface area (Å²) < 4.78 is 2.21. The second kappa shape index (κ2) is 5.95. The molecular weight excluding hydrogens is 252 g/mol. The molecule has 0 radical (unpaired) electrons. The largest absolute Gasteiger partial charge is 0.355 e. The number of amides is 1. The molecule has 0 bridgehead atoms. The highest BCUT2D eigenvalue weighted by molar-refractivity contribution is 5.75. The third kappa shape index (κ3) is 2.59. The Balaban J connectivity index is 1.91. The second-order valence-electron chi connectivity index (χ2n) is 5.81. The minimum atomic E-state index is 0.102. The Kier molecular flexibility index (Phi) is 4.05. The molecule has 1 aliphatic carbocycles. The molecule has 5 heteroatoms. The average Bonchev–Trinajstić information content (AvgIpc) is 3.07. The molecule has 20 heavy (non-hydrogen) atoms. The fraction of sp³-hybridized carbons (Fsp3) is 0.733. The van der Waals surface area contributed by atoms with Crippen molar-refractivity contribution >= 4 is 5.91 Å². The van der Waals surface area contributed by atoms with Crippen LogP contribution in [-0.4, -0.2) is 28.5 Å². The summed E-state index contributed by atoms with van der Waals surface area (Å²) in [6.07, 6.45) is 6.01. The summed E-state index contributed by atoms with van der Waals surface area (Å²) in [5, 5.41) is 6.28. The van der Waals surface area contributed by atoms with Gasteiger partial charge in [-0.1, -0.05) is 12.8 Å². The fourth-order valence-corrected chi connectivity index (χ4v) is 3.46. The summed E-state index contributed by atoms with van der Waals surface area (Å²) in [6.45, 7) is 4.91. The maximum atomic E-state index is 12.0.